The van der Waals surface area contributed by atoms with E-state index in [1.54, 1.807) is 18.8 Å². The number of morpholine rings is 1. The Morgan fingerprint density at radius 1 is 1.12 bits per heavy atom. The molecule has 1 unspecified atom stereocenters. The van der Waals surface area contributed by atoms with Gasteiger partial charge in [-0.2, -0.15) is 9.61 Å². The lowest BCUT2D eigenvalue weighted by Crippen LogP contribution is -2.51. The summed E-state index contributed by atoms with van der Waals surface area (Å²) in [5.74, 6) is 1.47. The molecule has 2 aromatic heterocycles. The third-order valence-corrected chi connectivity index (χ3v) is 6.35. The largest absolute Gasteiger partial charge is 0.493 e. The van der Waals surface area contributed by atoms with Gasteiger partial charge in [-0.05, 0) is 31.5 Å². The molecule has 1 aromatic carbocycles. The predicted octanol–water partition coefficient (Wildman–Crippen LogP) is 0.0956. The monoisotopic (exact) mass is 466 g/mol. The van der Waals surface area contributed by atoms with E-state index in [2.05, 4.69) is 34.9 Å². The Balaban J connectivity index is 1.53. The highest BCUT2D eigenvalue weighted by Gasteiger charge is 2.25. The third kappa shape index (κ3) is 4.19. The lowest BCUT2D eigenvalue weighted by atomic mass is 10.0. The molecule has 0 spiro atoms. The van der Waals surface area contributed by atoms with Crippen LogP contribution in [-0.2, 0) is 11.3 Å². The highest BCUT2D eigenvalue weighted by atomic mass is 16.5. The normalized spacial score (nSPS) is 22.6. The van der Waals surface area contributed by atoms with Crippen molar-refractivity contribution < 1.29 is 14.2 Å². The van der Waals surface area contributed by atoms with Crippen LogP contribution in [-0.4, -0.2) is 76.7 Å². The van der Waals surface area contributed by atoms with Gasteiger partial charge in [-0.3, -0.25) is 14.5 Å². The third-order valence-electron chi connectivity index (χ3n) is 6.35. The van der Waals surface area contributed by atoms with Crippen molar-refractivity contribution in [2.45, 2.75) is 32.6 Å². The standard InChI is InChI=1S/C24H30N6O4/c1-15-10-28(11-16(2)34-15)12-18-7-19-22(25-9-18)29(24(31)30-23(19)26-14-27-30)13-17-5-6-20(32-3)21(8-17)33-4/h5-8,14-16,18H,9-13H2,1-4H3/t15-,16+,18?. The molecule has 180 valence electrons. The van der Waals surface area contributed by atoms with Gasteiger partial charge in [0.2, 0.25) is 0 Å². The molecule has 0 radical (unpaired) electrons. The highest BCUT2D eigenvalue weighted by molar-refractivity contribution is 5.46. The Morgan fingerprint density at radius 2 is 1.88 bits per heavy atom. The van der Waals surface area contributed by atoms with E-state index in [4.69, 9.17) is 19.2 Å². The number of nitrogens with zero attached hydrogens (tertiary/aromatic N) is 6. The van der Waals surface area contributed by atoms with Crippen LogP contribution in [0.5, 0.6) is 11.5 Å². The second-order valence-electron chi connectivity index (χ2n) is 9.03. The summed E-state index contributed by atoms with van der Waals surface area (Å²) < 4.78 is 19.7. The molecule has 3 atom stereocenters. The second kappa shape index (κ2) is 9.19. The van der Waals surface area contributed by atoms with Crippen molar-refractivity contribution in [2.24, 2.45) is 10.9 Å². The van der Waals surface area contributed by atoms with Gasteiger partial charge in [-0.15, -0.1) is 0 Å². The molecule has 3 aromatic rings. The number of rotatable bonds is 6. The van der Waals surface area contributed by atoms with Crippen molar-refractivity contribution in [2.75, 3.05) is 40.4 Å². The van der Waals surface area contributed by atoms with Crippen molar-refractivity contribution in [3.8, 4) is 11.5 Å². The number of methoxy groups -OCH3 is 2. The van der Waals surface area contributed by atoms with Crippen molar-refractivity contribution in [1.29, 1.82) is 0 Å². The Labute approximate surface area is 197 Å². The fraction of sp³-hybridized carbons (Fsp3) is 0.500. The van der Waals surface area contributed by atoms with E-state index in [1.807, 2.05) is 18.2 Å². The molecule has 0 bridgehead atoms. The number of hydrogen-bond donors (Lipinski definition) is 0. The van der Waals surface area contributed by atoms with Gasteiger partial charge in [0.05, 0.1) is 38.2 Å². The number of fused-ring (bicyclic) bond motifs is 3. The molecule has 2 aliphatic heterocycles. The lowest BCUT2D eigenvalue weighted by molar-refractivity contribution is -0.0696. The van der Waals surface area contributed by atoms with Crippen LogP contribution in [0.1, 0.15) is 19.4 Å². The van der Waals surface area contributed by atoms with Crippen molar-refractivity contribution in [1.82, 2.24) is 24.1 Å². The van der Waals surface area contributed by atoms with Crippen LogP contribution in [0.15, 0.2) is 34.3 Å². The molecule has 0 aliphatic carbocycles. The maximum absolute atomic E-state index is 13.3. The van der Waals surface area contributed by atoms with Gasteiger partial charge in [-0.1, -0.05) is 12.1 Å². The lowest BCUT2D eigenvalue weighted by Gasteiger charge is -2.36. The summed E-state index contributed by atoms with van der Waals surface area (Å²) in [5, 5.41) is 5.04. The van der Waals surface area contributed by atoms with E-state index >= 15 is 0 Å². The van der Waals surface area contributed by atoms with Crippen LogP contribution in [0.3, 0.4) is 0 Å². The number of aromatic nitrogens is 4. The molecular weight excluding hydrogens is 436 g/mol. The summed E-state index contributed by atoms with van der Waals surface area (Å²) in [6.45, 7) is 7.86. The van der Waals surface area contributed by atoms with Gasteiger partial charge in [0, 0.05) is 32.1 Å². The van der Waals surface area contributed by atoms with E-state index in [1.165, 1.54) is 10.8 Å². The topological polar surface area (TPSA) is 95.5 Å². The summed E-state index contributed by atoms with van der Waals surface area (Å²) in [7, 11) is 3.19. The maximum Gasteiger partial charge on any atom is 0.352 e. The first-order valence-electron chi connectivity index (χ1n) is 11.5. The molecule has 0 saturated carbocycles. The average Bonchev–Trinajstić information content (AvgIpc) is 3.31. The van der Waals surface area contributed by atoms with E-state index in [0.29, 0.717) is 35.7 Å². The summed E-state index contributed by atoms with van der Waals surface area (Å²) >= 11 is 0. The zero-order valence-corrected chi connectivity index (χ0v) is 20.0. The molecule has 2 aliphatic rings. The van der Waals surface area contributed by atoms with Crippen LogP contribution in [0.2, 0.25) is 0 Å². The van der Waals surface area contributed by atoms with Crippen LogP contribution in [0, 0.1) is 5.92 Å². The molecule has 34 heavy (non-hydrogen) atoms. The Kier molecular flexibility index (Phi) is 6.09. The van der Waals surface area contributed by atoms with Gasteiger partial charge in [0.1, 0.15) is 11.8 Å². The molecule has 10 nitrogen and oxygen atoms in total. The van der Waals surface area contributed by atoms with E-state index in [0.717, 1.165) is 30.4 Å². The number of ether oxygens (including phenoxy) is 3. The van der Waals surface area contributed by atoms with Crippen LogP contribution in [0.4, 0.5) is 0 Å². The predicted molar refractivity (Wildman–Crippen MR) is 126 cm³/mol. The number of benzene rings is 1. The first kappa shape index (κ1) is 22.5. The van der Waals surface area contributed by atoms with E-state index in [9.17, 15) is 4.79 Å². The summed E-state index contributed by atoms with van der Waals surface area (Å²) in [6.07, 6.45) is 4.04. The molecule has 5 rings (SSSR count). The minimum Gasteiger partial charge on any atom is -0.493 e. The molecule has 0 amide bonds. The van der Waals surface area contributed by atoms with E-state index < -0.39 is 0 Å². The minimum atomic E-state index is -0.271. The van der Waals surface area contributed by atoms with E-state index in [-0.39, 0.29) is 23.8 Å². The summed E-state index contributed by atoms with van der Waals surface area (Å²) in [5.41, 5.74) is 1.81. The maximum atomic E-state index is 13.3. The fourth-order valence-corrected chi connectivity index (χ4v) is 5.01. The minimum absolute atomic E-state index is 0.214. The fourth-order valence-electron chi connectivity index (χ4n) is 5.01. The van der Waals surface area contributed by atoms with Crippen molar-refractivity contribution in [3.05, 3.63) is 51.3 Å². The van der Waals surface area contributed by atoms with Crippen molar-refractivity contribution in [3.63, 3.8) is 0 Å². The van der Waals surface area contributed by atoms with Gasteiger partial charge in [0.15, 0.2) is 17.1 Å². The van der Waals surface area contributed by atoms with Crippen LogP contribution in [0.25, 0.3) is 11.7 Å². The summed E-state index contributed by atoms with van der Waals surface area (Å²) in [4.78, 5) is 25.0. The molecule has 0 N–H and O–H groups in total. The number of hydrogen-bond acceptors (Lipinski definition) is 8. The van der Waals surface area contributed by atoms with Crippen molar-refractivity contribution >= 4 is 11.7 Å². The highest BCUT2D eigenvalue weighted by Crippen LogP contribution is 2.27. The molecule has 4 heterocycles. The molecule has 1 fully saturated rings. The van der Waals surface area contributed by atoms with Crippen LogP contribution >= 0.6 is 0 Å². The average molecular weight is 467 g/mol. The molecule has 1 saturated heterocycles. The molecule has 10 heteroatoms. The van der Waals surface area contributed by atoms with Gasteiger partial charge in [-0.25, -0.2) is 9.78 Å². The second-order valence-corrected chi connectivity index (χ2v) is 9.03. The van der Waals surface area contributed by atoms with Gasteiger partial charge >= 0.3 is 5.69 Å². The quantitative estimate of drug-likeness (QED) is 0.508. The zero-order chi connectivity index (χ0) is 23.8. The smallest absolute Gasteiger partial charge is 0.352 e. The SMILES string of the molecule is COc1ccc(Cn2c3c(c4ncnn4c2=O)=CC(CN2C[C@@H](C)O[C@@H](C)C2)CN=3)cc1OC. The van der Waals surface area contributed by atoms with Gasteiger partial charge in [0.25, 0.3) is 0 Å². The van der Waals surface area contributed by atoms with Crippen LogP contribution < -0.4 is 25.9 Å². The Hall–Kier alpha value is -3.24. The first-order valence-corrected chi connectivity index (χ1v) is 11.5. The Bertz CT molecular complexity index is 1370. The Morgan fingerprint density at radius 3 is 2.62 bits per heavy atom. The zero-order valence-electron chi connectivity index (χ0n) is 20.0. The molecular formula is C24H30N6O4. The summed E-state index contributed by atoms with van der Waals surface area (Å²) in [6, 6.07) is 5.63. The first-order chi connectivity index (χ1) is 16.5. The van der Waals surface area contributed by atoms with Gasteiger partial charge < -0.3 is 14.2 Å².